The van der Waals surface area contributed by atoms with Crippen LogP contribution in [-0.2, 0) is 21.6 Å². The summed E-state index contributed by atoms with van der Waals surface area (Å²) < 4.78 is 14.5. The molecule has 1 aliphatic carbocycles. The number of fused-ring (bicyclic) bond motifs is 1. The second-order valence-corrected chi connectivity index (χ2v) is 7.48. The van der Waals surface area contributed by atoms with Gasteiger partial charge in [0.25, 0.3) is 0 Å². The molecule has 0 unspecified atom stereocenters. The fourth-order valence-corrected chi connectivity index (χ4v) is 4.16. The number of benzene rings is 1. The third-order valence-corrected chi connectivity index (χ3v) is 5.55. The van der Waals surface area contributed by atoms with Crippen LogP contribution in [-0.4, -0.2) is 20.2 Å². The van der Waals surface area contributed by atoms with Crippen molar-refractivity contribution in [3.05, 3.63) is 47.3 Å². The van der Waals surface area contributed by atoms with Gasteiger partial charge in [0.15, 0.2) is 0 Å². The van der Waals surface area contributed by atoms with Gasteiger partial charge in [-0.25, -0.2) is 4.98 Å². The Morgan fingerprint density at radius 1 is 1.32 bits per heavy atom. The number of allylic oxidation sites excluding steroid dienone is 4. The molecule has 0 radical (unpaired) electrons. The zero-order valence-corrected chi connectivity index (χ0v) is 14.3. The number of rotatable bonds is 2. The molecule has 1 aromatic carbocycles. The Labute approximate surface area is 133 Å². The van der Waals surface area contributed by atoms with Gasteiger partial charge in [0.2, 0.25) is 0 Å². The van der Waals surface area contributed by atoms with Gasteiger partial charge in [-0.05, 0) is 43.0 Å². The van der Waals surface area contributed by atoms with Crippen molar-refractivity contribution < 1.29 is 4.21 Å². The number of aryl methyl sites for hydroxylation is 3. The Morgan fingerprint density at radius 3 is 2.82 bits per heavy atom. The summed E-state index contributed by atoms with van der Waals surface area (Å²) in [6.07, 6.45) is 6.87. The summed E-state index contributed by atoms with van der Waals surface area (Å²) in [6, 6.07) is 4.29. The molecular formula is C18H21N2OS-. The first-order valence-electron chi connectivity index (χ1n) is 7.58. The summed E-state index contributed by atoms with van der Waals surface area (Å²) in [5.41, 5.74) is 5.61. The molecule has 0 aliphatic heterocycles. The molecule has 0 N–H and O–H groups in total. The molecule has 2 aromatic rings. The first-order valence-corrected chi connectivity index (χ1v) is 8.90. The third kappa shape index (κ3) is 2.41. The average molecular weight is 313 g/mol. The normalized spacial score (nSPS) is 17.8. The standard InChI is InChI=1S/C18H21N2OS/c1-5-22(21)16-9-7-6-8-14(16)18-19-15-11-12(2)10-13(3)17(15)20(18)4/h6-8,10-11H,5,9H2,1-4H3/q-1. The van der Waals surface area contributed by atoms with Crippen LogP contribution < -0.4 is 0 Å². The van der Waals surface area contributed by atoms with Gasteiger partial charge in [0.1, 0.15) is 5.82 Å². The van der Waals surface area contributed by atoms with E-state index in [1.165, 1.54) is 11.1 Å². The Kier molecular flexibility index (Phi) is 3.96. The number of hydrogen-bond acceptors (Lipinski definition) is 3. The van der Waals surface area contributed by atoms with E-state index in [-0.39, 0.29) is 0 Å². The molecule has 4 heteroatoms. The van der Waals surface area contributed by atoms with Crippen LogP contribution >= 0.6 is 0 Å². The van der Waals surface area contributed by atoms with Gasteiger partial charge in [-0.3, -0.25) is 10.4 Å². The minimum absolute atomic E-state index is 0.641. The zero-order chi connectivity index (χ0) is 15.9. The second-order valence-electron chi connectivity index (χ2n) is 5.71. The predicted molar refractivity (Wildman–Crippen MR) is 95.5 cm³/mol. The first kappa shape index (κ1) is 15.1. The Hall–Kier alpha value is -1.81. The highest BCUT2D eigenvalue weighted by Gasteiger charge is 2.15. The van der Waals surface area contributed by atoms with Crippen LogP contribution in [0.3, 0.4) is 0 Å². The van der Waals surface area contributed by atoms with Crippen LogP contribution in [0.15, 0.2) is 30.4 Å². The van der Waals surface area contributed by atoms with E-state index >= 15 is 0 Å². The molecule has 1 aliphatic rings. The minimum atomic E-state index is -0.940. The van der Waals surface area contributed by atoms with Gasteiger partial charge in [0, 0.05) is 7.05 Å². The van der Waals surface area contributed by atoms with Crippen molar-refractivity contribution in [2.75, 3.05) is 5.75 Å². The lowest BCUT2D eigenvalue weighted by atomic mass is 10.0. The Balaban J connectivity index is 2.28. The van der Waals surface area contributed by atoms with Gasteiger partial charge >= 0.3 is 0 Å². The lowest BCUT2D eigenvalue weighted by Gasteiger charge is -2.20. The Morgan fingerprint density at radius 2 is 2.09 bits per heavy atom. The van der Waals surface area contributed by atoms with Gasteiger partial charge in [-0.15, -0.1) is 10.6 Å². The molecule has 3 nitrogen and oxygen atoms in total. The van der Waals surface area contributed by atoms with E-state index in [1.807, 2.05) is 26.1 Å². The van der Waals surface area contributed by atoms with Crippen LogP contribution in [0.5, 0.6) is 0 Å². The maximum atomic E-state index is 12.4. The molecule has 0 saturated carbocycles. The average Bonchev–Trinajstić information content (AvgIpc) is 2.83. The molecule has 0 fully saturated rings. The molecule has 0 atom stereocenters. The molecule has 0 bridgehead atoms. The van der Waals surface area contributed by atoms with Crippen molar-refractivity contribution in [2.24, 2.45) is 7.05 Å². The first-order chi connectivity index (χ1) is 10.5. The van der Waals surface area contributed by atoms with Gasteiger partial charge in [-0.2, -0.15) is 0 Å². The van der Waals surface area contributed by atoms with Crippen LogP contribution in [0.25, 0.3) is 16.6 Å². The number of hydrogen-bond donors (Lipinski definition) is 0. The van der Waals surface area contributed by atoms with Crippen LogP contribution in [0.1, 0.15) is 30.3 Å². The number of aromatic nitrogens is 2. The van der Waals surface area contributed by atoms with E-state index in [4.69, 9.17) is 4.98 Å². The van der Waals surface area contributed by atoms with Crippen molar-refractivity contribution >= 4 is 31.9 Å². The van der Waals surface area contributed by atoms with Gasteiger partial charge < -0.3 is 8.78 Å². The number of nitrogens with zero attached hydrogens (tertiary/aromatic N) is 2. The SMILES string of the molecule is CC[S-](=O)=C1CC=CC=C1c1nc2cc(C)cc(C)c2n1C. The van der Waals surface area contributed by atoms with Gasteiger partial charge in [-0.1, -0.05) is 31.2 Å². The summed E-state index contributed by atoms with van der Waals surface area (Å²) in [7, 11) is 1.10. The van der Waals surface area contributed by atoms with Crippen LogP contribution in [0.2, 0.25) is 0 Å². The third-order valence-electron chi connectivity index (χ3n) is 4.08. The minimum Gasteiger partial charge on any atom is -0.461 e. The lowest BCUT2D eigenvalue weighted by molar-refractivity contribution is 0.603. The molecule has 3 rings (SSSR count). The van der Waals surface area contributed by atoms with Crippen molar-refractivity contribution in [1.29, 1.82) is 0 Å². The fraction of sp³-hybridized carbons (Fsp3) is 0.333. The predicted octanol–water partition coefficient (Wildman–Crippen LogP) is 3.69. The van der Waals surface area contributed by atoms with E-state index < -0.39 is 10.4 Å². The lowest BCUT2D eigenvalue weighted by Crippen LogP contribution is -2.12. The Bertz CT molecular complexity index is 893. The molecule has 1 aromatic heterocycles. The topological polar surface area (TPSA) is 34.9 Å². The molecule has 0 saturated heterocycles. The van der Waals surface area contributed by atoms with Crippen molar-refractivity contribution in [1.82, 2.24) is 9.55 Å². The smallest absolute Gasteiger partial charge is 0.139 e. The van der Waals surface area contributed by atoms with Crippen molar-refractivity contribution in [3.8, 4) is 0 Å². The van der Waals surface area contributed by atoms with E-state index in [2.05, 4.69) is 36.6 Å². The highest BCUT2D eigenvalue weighted by Crippen LogP contribution is 2.27. The monoisotopic (exact) mass is 313 g/mol. The second kappa shape index (κ2) is 5.76. The molecular weight excluding hydrogens is 292 g/mol. The van der Waals surface area contributed by atoms with Gasteiger partial charge in [0.05, 0.1) is 11.0 Å². The van der Waals surface area contributed by atoms with E-state index in [1.54, 1.807) is 0 Å². The molecule has 1 heterocycles. The molecule has 0 spiro atoms. The quantitative estimate of drug-likeness (QED) is 0.626. The van der Waals surface area contributed by atoms with Crippen molar-refractivity contribution in [2.45, 2.75) is 27.2 Å². The highest BCUT2D eigenvalue weighted by atomic mass is 32.2. The largest absolute Gasteiger partial charge is 0.461 e. The summed E-state index contributed by atoms with van der Waals surface area (Å²) in [5, 5.41) is 0. The van der Waals surface area contributed by atoms with Crippen LogP contribution in [0.4, 0.5) is 0 Å². The highest BCUT2D eigenvalue weighted by molar-refractivity contribution is 7.85. The summed E-state index contributed by atoms with van der Waals surface area (Å²) >= 11 is 0. The maximum absolute atomic E-state index is 12.4. The number of imidazole rings is 1. The summed E-state index contributed by atoms with van der Waals surface area (Å²) in [4.78, 5) is 5.81. The molecule has 116 valence electrons. The van der Waals surface area contributed by atoms with E-state index in [0.29, 0.717) is 5.75 Å². The summed E-state index contributed by atoms with van der Waals surface area (Å²) in [5.74, 6) is 1.55. The van der Waals surface area contributed by atoms with E-state index in [9.17, 15) is 4.21 Å². The van der Waals surface area contributed by atoms with Crippen molar-refractivity contribution in [3.63, 3.8) is 0 Å². The van der Waals surface area contributed by atoms with E-state index in [0.717, 1.165) is 33.7 Å². The fourth-order valence-electron chi connectivity index (χ4n) is 3.13. The summed E-state index contributed by atoms with van der Waals surface area (Å²) in [6.45, 7) is 6.17. The molecule has 0 amide bonds. The maximum Gasteiger partial charge on any atom is 0.139 e. The molecule has 22 heavy (non-hydrogen) atoms. The zero-order valence-electron chi connectivity index (χ0n) is 13.5. The van der Waals surface area contributed by atoms with Crippen LogP contribution in [0, 0.1) is 13.8 Å².